The molecule has 0 bridgehead atoms. The van der Waals surface area contributed by atoms with Crippen molar-refractivity contribution >= 4 is 27.6 Å². The van der Waals surface area contributed by atoms with Crippen molar-refractivity contribution in [3.63, 3.8) is 0 Å². The molecule has 0 aromatic carbocycles. The van der Waals surface area contributed by atoms with Crippen LogP contribution < -0.4 is 5.32 Å². The van der Waals surface area contributed by atoms with E-state index in [0.717, 1.165) is 23.2 Å². The Morgan fingerprint density at radius 2 is 2.05 bits per heavy atom. The topological polar surface area (TPSA) is 97.2 Å². The number of allylic oxidation sites excluding steroid dienone is 4. The van der Waals surface area contributed by atoms with E-state index in [1.165, 1.54) is 23.9 Å². The van der Waals surface area contributed by atoms with E-state index in [-0.39, 0.29) is 11.8 Å². The number of H-pyrrole nitrogens is 1. The third-order valence-corrected chi connectivity index (χ3v) is 6.70. The van der Waals surface area contributed by atoms with E-state index >= 15 is 4.39 Å². The third-order valence-electron chi connectivity index (χ3n) is 6.70. The SMILES string of the molecule is CCNCc1cncc(-c2cnc3c(c(-c4nc5c(C6=CCC(C)(F)C=C6)nccc5[nH]4)nn3C)c2F)c1. The normalized spacial score (nSPS) is 17.4. The average Bonchev–Trinajstić information content (AvgIpc) is 3.49. The first-order chi connectivity index (χ1) is 18.3. The summed E-state index contributed by atoms with van der Waals surface area (Å²) in [5.74, 6) is -0.0492. The fourth-order valence-electron chi connectivity index (χ4n) is 4.69. The molecule has 0 fully saturated rings. The molecule has 8 nitrogen and oxygen atoms in total. The monoisotopic (exact) mass is 512 g/mol. The van der Waals surface area contributed by atoms with Gasteiger partial charge in [0.1, 0.15) is 22.7 Å². The molecule has 0 saturated heterocycles. The van der Waals surface area contributed by atoms with Crippen LogP contribution in [-0.4, -0.2) is 46.9 Å². The van der Waals surface area contributed by atoms with E-state index < -0.39 is 11.5 Å². The van der Waals surface area contributed by atoms with Crippen LogP contribution in [0.3, 0.4) is 0 Å². The Kier molecular flexibility index (Phi) is 5.83. The molecule has 1 aliphatic rings. The molecule has 10 heteroatoms. The minimum Gasteiger partial charge on any atom is -0.336 e. The summed E-state index contributed by atoms with van der Waals surface area (Å²) in [6.07, 6.45) is 11.9. The molecule has 1 aliphatic carbocycles. The van der Waals surface area contributed by atoms with Crippen molar-refractivity contribution in [2.75, 3.05) is 6.54 Å². The van der Waals surface area contributed by atoms with Gasteiger partial charge in [-0.2, -0.15) is 5.10 Å². The van der Waals surface area contributed by atoms with Gasteiger partial charge in [0.2, 0.25) is 0 Å². The van der Waals surface area contributed by atoms with Crippen LogP contribution in [0.25, 0.3) is 50.3 Å². The average molecular weight is 513 g/mol. The summed E-state index contributed by atoms with van der Waals surface area (Å²) >= 11 is 0. The van der Waals surface area contributed by atoms with Crippen molar-refractivity contribution in [1.82, 2.24) is 40.0 Å². The fraction of sp³-hybridized carbons (Fsp3) is 0.250. The van der Waals surface area contributed by atoms with E-state index in [2.05, 4.69) is 30.4 Å². The summed E-state index contributed by atoms with van der Waals surface area (Å²) in [6, 6.07) is 3.71. The highest BCUT2D eigenvalue weighted by molar-refractivity contribution is 5.96. The molecular formula is C28H26F2N8. The van der Waals surface area contributed by atoms with Crippen LogP contribution in [0.2, 0.25) is 0 Å². The van der Waals surface area contributed by atoms with Gasteiger partial charge < -0.3 is 10.3 Å². The number of aromatic amines is 1. The Morgan fingerprint density at radius 3 is 2.84 bits per heavy atom. The molecule has 5 aromatic heterocycles. The number of fused-ring (bicyclic) bond motifs is 2. The summed E-state index contributed by atoms with van der Waals surface area (Å²) in [4.78, 5) is 21.4. The van der Waals surface area contributed by atoms with E-state index in [0.29, 0.717) is 46.0 Å². The lowest BCUT2D eigenvalue weighted by Gasteiger charge is -2.18. The largest absolute Gasteiger partial charge is 0.336 e. The van der Waals surface area contributed by atoms with Crippen LogP contribution in [-0.2, 0) is 13.6 Å². The summed E-state index contributed by atoms with van der Waals surface area (Å²) in [5, 5.41) is 8.09. The van der Waals surface area contributed by atoms with Gasteiger partial charge in [-0.1, -0.05) is 19.1 Å². The number of rotatable bonds is 6. The van der Waals surface area contributed by atoms with Crippen molar-refractivity contribution in [3.8, 4) is 22.6 Å². The number of hydrogen-bond acceptors (Lipinski definition) is 6. The molecule has 192 valence electrons. The first-order valence-corrected chi connectivity index (χ1v) is 12.4. The molecule has 2 N–H and O–H groups in total. The zero-order chi connectivity index (χ0) is 26.4. The van der Waals surface area contributed by atoms with E-state index in [9.17, 15) is 4.39 Å². The van der Waals surface area contributed by atoms with Crippen molar-refractivity contribution < 1.29 is 8.78 Å². The Bertz CT molecular complexity index is 1750. The van der Waals surface area contributed by atoms with Gasteiger partial charge in [0.15, 0.2) is 11.5 Å². The molecule has 1 unspecified atom stereocenters. The van der Waals surface area contributed by atoms with Crippen LogP contribution in [0.1, 0.15) is 31.5 Å². The Balaban J connectivity index is 1.47. The molecule has 5 heterocycles. The first-order valence-electron chi connectivity index (χ1n) is 12.4. The van der Waals surface area contributed by atoms with Crippen molar-refractivity contribution in [2.45, 2.75) is 32.5 Å². The quantitative estimate of drug-likeness (QED) is 0.321. The van der Waals surface area contributed by atoms with Gasteiger partial charge >= 0.3 is 0 Å². The second kappa shape index (κ2) is 9.21. The lowest BCUT2D eigenvalue weighted by Crippen LogP contribution is -2.15. The lowest BCUT2D eigenvalue weighted by atomic mass is 9.94. The van der Waals surface area contributed by atoms with E-state index in [1.807, 2.05) is 19.1 Å². The van der Waals surface area contributed by atoms with Crippen LogP contribution in [0, 0.1) is 5.82 Å². The maximum atomic E-state index is 16.2. The van der Waals surface area contributed by atoms with Gasteiger partial charge in [-0.3, -0.25) is 9.97 Å². The zero-order valence-corrected chi connectivity index (χ0v) is 21.3. The van der Waals surface area contributed by atoms with Crippen molar-refractivity contribution in [1.29, 1.82) is 0 Å². The predicted molar refractivity (Wildman–Crippen MR) is 143 cm³/mol. The minimum absolute atomic E-state index is 0.253. The van der Waals surface area contributed by atoms with Crippen LogP contribution >= 0.6 is 0 Å². The van der Waals surface area contributed by atoms with Crippen LogP contribution in [0.5, 0.6) is 0 Å². The molecule has 0 spiro atoms. The highest BCUT2D eigenvalue weighted by atomic mass is 19.1. The van der Waals surface area contributed by atoms with Gasteiger partial charge in [0.25, 0.3) is 0 Å². The molecule has 0 aliphatic heterocycles. The number of nitrogens with zero attached hydrogens (tertiary/aromatic N) is 6. The smallest absolute Gasteiger partial charge is 0.161 e. The van der Waals surface area contributed by atoms with Crippen molar-refractivity contribution in [3.05, 3.63) is 72.2 Å². The minimum atomic E-state index is -1.38. The second-order valence-corrected chi connectivity index (χ2v) is 9.64. The Morgan fingerprint density at radius 1 is 1.18 bits per heavy atom. The number of aromatic nitrogens is 7. The molecule has 5 aromatic rings. The standard InChI is InChI=1S/C28H26F2N8/c1-4-31-12-16-11-18(14-32-13-16)19-15-34-27-21(22(19)29)25(37-38(27)3)26-35-20-7-10-33-23(24(20)36-26)17-5-8-28(2,30)9-6-17/h5-8,10-11,13-15,31H,4,9,12H2,1-3H3,(H,35,36). The summed E-state index contributed by atoms with van der Waals surface area (Å²) in [7, 11) is 1.72. The summed E-state index contributed by atoms with van der Waals surface area (Å²) in [5.41, 5.74) is 4.01. The van der Waals surface area contributed by atoms with Gasteiger partial charge in [-0.15, -0.1) is 0 Å². The maximum Gasteiger partial charge on any atom is 0.161 e. The number of hydrogen-bond donors (Lipinski definition) is 2. The number of nitrogens with one attached hydrogen (secondary N) is 2. The van der Waals surface area contributed by atoms with E-state index in [4.69, 9.17) is 4.98 Å². The second-order valence-electron chi connectivity index (χ2n) is 9.64. The highest BCUT2D eigenvalue weighted by Crippen LogP contribution is 2.35. The Hall–Kier alpha value is -4.31. The number of halogens is 2. The molecule has 38 heavy (non-hydrogen) atoms. The molecule has 1 atom stereocenters. The van der Waals surface area contributed by atoms with Crippen LogP contribution in [0.4, 0.5) is 8.78 Å². The van der Waals surface area contributed by atoms with E-state index in [1.54, 1.807) is 37.8 Å². The van der Waals surface area contributed by atoms with Gasteiger partial charge in [-0.25, -0.2) is 23.4 Å². The number of aryl methyl sites for hydroxylation is 1. The Labute approximate surface area is 217 Å². The summed E-state index contributed by atoms with van der Waals surface area (Å²) in [6.45, 7) is 5.02. The summed E-state index contributed by atoms with van der Waals surface area (Å²) < 4.78 is 32.0. The van der Waals surface area contributed by atoms with Gasteiger partial charge in [0, 0.05) is 55.9 Å². The predicted octanol–water partition coefficient (Wildman–Crippen LogP) is 5.29. The third kappa shape index (κ3) is 4.16. The molecular weight excluding hydrogens is 486 g/mol. The molecule has 0 amide bonds. The number of imidazole rings is 1. The molecule has 0 radical (unpaired) electrons. The highest BCUT2D eigenvalue weighted by Gasteiger charge is 2.25. The molecule has 6 rings (SSSR count). The fourth-order valence-corrected chi connectivity index (χ4v) is 4.69. The number of pyridine rings is 3. The van der Waals surface area contributed by atoms with Crippen molar-refractivity contribution in [2.24, 2.45) is 7.05 Å². The lowest BCUT2D eigenvalue weighted by molar-refractivity contribution is 0.260. The van der Waals surface area contributed by atoms with Gasteiger partial charge in [-0.05, 0) is 42.8 Å². The first kappa shape index (κ1) is 24.1. The zero-order valence-electron chi connectivity index (χ0n) is 21.3. The molecule has 0 saturated carbocycles. The van der Waals surface area contributed by atoms with Crippen LogP contribution in [0.15, 0.2) is 55.1 Å². The number of alkyl halides is 1. The van der Waals surface area contributed by atoms with Gasteiger partial charge in [0.05, 0.1) is 16.6 Å². The maximum absolute atomic E-state index is 16.2.